The summed E-state index contributed by atoms with van der Waals surface area (Å²) in [7, 11) is 3.53. The van der Waals surface area contributed by atoms with Crippen LogP contribution in [0.1, 0.15) is 55.8 Å². The monoisotopic (exact) mass is 293 g/mol. The number of rotatable bonds is 9. The molecule has 3 heteroatoms. The summed E-state index contributed by atoms with van der Waals surface area (Å²) in [5.41, 5.74) is 3.83. The van der Waals surface area contributed by atoms with E-state index in [0.717, 1.165) is 31.6 Å². The van der Waals surface area contributed by atoms with E-state index in [1.165, 1.54) is 16.7 Å². The van der Waals surface area contributed by atoms with Crippen molar-refractivity contribution in [3.05, 3.63) is 28.8 Å². The second-order valence-electron chi connectivity index (χ2n) is 5.83. The standard InChI is InChI=1S/C18H31NO2/c1-7-10-19-16(9-8-15(4)20-5)18-14(3)11-13(2)12-17(18)21-6/h11-12,15-16,19H,7-10H2,1-6H3. The number of benzene rings is 1. The molecule has 21 heavy (non-hydrogen) atoms. The Labute approximate surface area is 130 Å². The normalized spacial score (nSPS) is 14.0. The van der Waals surface area contributed by atoms with Crippen molar-refractivity contribution in [3.63, 3.8) is 0 Å². The van der Waals surface area contributed by atoms with E-state index in [4.69, 9.17) is 9.47 Å². The Morgan fingerprint density at radius 1 is 1.14 bits per heavy atom. The van der Waals surface area contributed by atoms with Gasteiger partial charge in [-0.15, -0.1) is 0 Å². The third-order valence-corrected chi connectivity index (χ3v) is 3.97. The SMILES string of the molecule is CCCNC(CCC(C)OC)c1c(C)cc(C)cc1OC. The minimum Gasteiger partial charge on any atom is -0.496 e. The van der Waals surface area contributed by atoms with Gasteiger partial charge in [0, 0.05) is 18.7 Å². The molecule has 0 saturated heterocycles. The van der Waals surface area contributed by atoms with Gasteiger partial charge in [-0.2, -0.15) is 0 Å². The van der Waals surface area contributed by atoms with Gasteiger partial charge in [0.25, 0.3) is 0 Å². The van der Waals surface area contributed by atoms with Gasteiger partial charge >= 0.3 is 0 Å². The number of hydrogen-bond donors (Lipinski definition) is 1. The second-order valence-corrected chi connectivity index (χ2v) is 5.83. The van der Waals surface area contributed by atoms with Crippen LogP contribution in [0.15, 0.2) is 12.1 Å². The fraction of sp³-hybridized carbons (Fsp3) is 0.667. The maximum Gasteiger partial charge on any atom is 0.124 e. The summed E-state index contributed by atoms with van der Waals surface area (Å²) in [6.07, 6.45) is 3.50. The van der Waals surface area contributed by atoms with E-state index >= 15 is 0 Å². The Balaban J connectivity index is 3.01. The van der Waals surface area contributed by atoms with E-state index in [1.54, 1.807) is 14.2 Å². The Morgan fingerprint density at radius 2 is 1.86 bits per heavy atom. The number of methoxy groups -OCH3 is 2. The molecule has 0 amide bonds. The molecule has 0 saturated carbocycles. The highest BCUT2D eigenvalue weighted by atomic mass is 16.5. The van der Waals surface area contributed by atoms with Gasteiger partial charge < -0.3 is 14.8 Å². The molecule has 0 aromatic heterocycles. The molecule has 2 unspecified atom stereocenters. The maximum absolute atomic E-state index is 5.63. The Morgan fingerprint density at radius 3 is 2.43 bits per heavy atom. The molecule has 0 aliphatic carbocycles. The third-order valence-electron chi connectivity index (χ3n) is 3.97. The van der Waals surface area contributed by atoms with E-state index in [-0.39, 0.29) is 6.10 Å². The van der Waals surface area contributed by atoms with Crippen LogP contribution in [-0.2, 0) is 4.74 Å². The van der Waals surface area contributed by atoms with Crippen LogP contribution in [0.2, 0.25) is 0 Å². The molecule has 0 aliphatic rings. The highest BCUT2D eigenvalue weighted by Gasteiger charge is 2.19. The molecule has 1 aromatic carbocycles. The van der Waals surface area contributed by atoms with Crippen LogP contribution in [0, 0.1) is 13.8 Å². The first-order valence-electron chi connectivity index (χ1n) is 7.94. The summed E-state index contributed by atoms with van der Waals surface area (Å²) in [5, 5.41) is 3.66. The molecular weight excluding hydrogens is 262 g/mol. The molecule has 0 heterocycles. The Bertz CT molecular complexity index is 431. The van der Waals surface area contributed by atoms with Crippen molar-refractivity contribution in [2.75, 3.05) is 20.8 Å². The highest BCUT2D eigenvalue weighted by molar-refractivity contribution is 5.45. The fourth-order valence-corrected chi connectivity index (χ4v) is 2.74. The summed E-state index contributed by atoms with van der Waals surface area (Å²) in [4.78, 5) is 0. The molecule has 2 atom stereocenters. The van der Waals surface area contributed by atoms with Crippen molar-refractivity contribution >= 4 is 0 Å². The van der Waals surface area contributed by atoms with Gasteiger partial charge in [0.15, 0.2) is 0 Å². The first-order valence-corrected chi connectivity index (χ1v) is 7.94. The summed E-state index contributed by atoms with van der Waals surface area (Å²) < 4.78 is 11.0. The van der Waals surface area contributed by atoms with Crippen LogP contribution in [0.4, 0.5) is 0 Å². The molecule has 1 rings (SSSR count). The van der Waals surface area contributed by atoms with Crippen molar-refractivity contribution in [2.45, 2.75) is 59.1 Å². The van der Waals surface area contributed by atoms with Crippen molar-refractivity contribution in [3.8, 4) is 5.75 Å². The van der Waals surface area contributed by atoms with Gasteiger partial charge in [-0.3, -0.25) is 0 Å². The van der Waals surface area contributed by atoms with E-state index in [9.17, 15) is 0 Å². The van der Waals surface area contributed by atoms with Gasteiger partial charge in [0.1, 0.15) is 5.75 Å². The van der Waals surface area contributed by atoms with E-state index < -0.39 is 0 Å². The predicted octanol–water partition coefficient (Wildman–Crippen LogP) is 4.17. The van der Waals surface area contributed by atoms with E-state index in [1.807, 2.05) is 0 Å². The fourth-order valence-electron chi connectivity index (χ4n) is 2.74. The lowest BCUT2D eigenvalue weighted by atomic mass is 9.93. The van der Waals surface area contributed by atoms with Gasteiger partial charge in [0.05, 0.1) is 13.2 Å². The summed E-state index contributed by atoms with van der Waals surface area (Å²) in [5.74, 6) is 0.992. The molecule has 120 valence electrons. The van der Waals surface area contributed by atoms with Crippen LogP contribution < -0.4 is 10.1 Å². The van der Waals surface area contributed by atoms with Gasteiger partial charge in [-0.25, -0.2) is 0 Å². The van der Waals surface area contributed by atoms with Crippen molar-refractivity contribution in [2.24, 2.45) is 0 Å². The zero-order valence-corrected chi connectivity index (χ0v) is 14.5. The van der Waals surface area contributed by atoms with Crippen molar-refractivity contribution < 1.29 is 9.47 Å². The molecular formula is C18H31NO2. The molecule has 0 bridgehead atoms. The van der Waals surface area contributed by atoms with Gasteiger partial charge in [-0.05, 0) is 63.8 Å². The lowest BCUT2D eigenvalue weighted by Crippen LogP contribution is -2.25. The number of nitrogens with one attached hydrogen (secondary N) is 1. The van der Waals surface area contributed by atoms with E-state index in [2.05, 4.69) is 45.1 Å². The molecule has 1 N–H and O–H groups in total. The average Bonchev–Trinajstić information content (AvgIpc) is 2.47. The Kier molecular flexibility index (Phi) is 7.76. The molecule has 0 aliphatic heterocycles. The lowest BCUT2D eigenvalue weighted by Gasteiger charge is -2.25. The van der Waals surface area contributed by atoms with Gasteiger partial charge in [0.2, 0.25) is 0 Å². The van der Waals surface area contributed by atoms with Crippen molar-refractivity contribution in [1.82, 2.24) is 5.32 Å². The summed E-state index contributed by atoms with van der Waals surface area (Å²) >= 11 is 0. The smallest absolute Gasteiger partial charge is 0.124 e. The largest absolute Gasteiger partial charge is 0.496 e. The number of aryl methyl sites for hydroxylation is 2. The second kappa shape index (κ2) is 9.06. The zero-order chi connectivity index (χ0) is 15.8. The first kappa shape index (κ1) is 18.0. The van der Waals surface area contributed by atoms with Gasteiger partial charge in [-0.1, -0.05) is 13.0 Å². The highest BCUT2D eigenvalue weighted by Crippen LogP contribution is 2.33. The molecule has 1 aromatic rings. The molecule has 0 spiro atoms. The van der Waals surface area contributed by atoms with Crippen molar-refractivity contribution in [1.29, 1.82) is 0 Å². The van der Waals surface area contributed by atoms with E-state index in [0.29, 0.717) is 6.04 Å². The number of hydrogen-bond acceptors (Lipinski definition) is 3. The minimum atomic E-state index is 0.285. The van der Waals surface area contributed by atoms with Crippen LogP contribution >= 0.6 is 0 Å². The average molecular weight is 293 g/mol. The lowest BCUT2D eigenvalue weighted by molar-refractivity contribution is 0.106. The Hall–Kier alpha value is -1.06. The van der Waals surface area contributed by atoms with Crippen LogP contribution in [0.3, 0.4) is 0 Å². The van der Waals surface area contributed by atoms with Crippen LogP contribution in [0.5, 0.6) is 5.75 Å². The summed E-state index contributed by atoms with van der Waals surface area (Å²) in [6, 6.07) is 4.68. The third kappa shape index (κ3) is 5.33. The van der Waals surface area contributed by atoms with Crippen LogP contribution in [0.25, 0.3) is 0 Å². The molecule has 0 fully saturated rings. The quantitative estimate of drug-likeness (QED) is 0.741. The maximum atomic E-state index is 5.63. The first-order chi connectivity index (χ1) is 10.0. The zero-order valence-electron chi connectivity index (χ0n) is 14.5. The molecule has 0 radical (unpaired) electrons. The summed E-state index contributed by atoms with van der Waals surface area (Å²) in [6.45, 7) is 9.62. The number of ether oxygens (including phenoxy) is 2. The minimum absolute atomic E-state index is 0.285. The predicted molar refractivity (Wildman–Crippen MR) is 89.2 cm³/mol. The van der Waals surface area contributed by atoms with Crippen LogP contribution in [-0.4, -0.2) is 26.9 Å². The molecule has 3 nitrogen and oxygen atoms in total. The topological polar surface area (TPSA) is 30.5 Å².